The first kappa shape index (κ1) is 42.0. The van der Waals surface area contributed by atoms with E-state index in [1.807, 2.05) is 0 Å². The molecule has 2 bridgehead atoms. The molecule has 2 fully saturated rings. The highest BCUT2D eigenvalue weighted by atomic mass is 79.9. The van der Waals surface area contributed by atoms with Crippen molar-refractivity contribution in [2.75, 3.05) is 20.3 Å². The molecule has 6 unspecified atom stereocenters. The highest BCUT2D eigenvalue weighted by Gasteiger charge is 2.40. The smallest absolute Gasteiger partial charge is 0.187 e. The summed E-state index contributed by atoms with van der Waals surface area (Å²) in [5.74, 6) is 1.02. The molecule has 276 valence electrons. The first-order valence-corrected chi connectivity index (χ1v) is 32.8. The molecule has 2 saturated heterocycles. The number of hydrogen-bond donors (Lipinski definition) is 0. The topological polar surface area (TPSA) is 34.2 Å². The van der Waals surface area contributed by atoms with Crippen molar-refractivity contribution in [1.29, 1.82) is 0 Å². The van der Waals surface area contributed by atoms with Crippen molar-refractivity contribution in [3.8, 4) is 0 Å². The normalized spacial score (nSPS) is 34.6. The Morgan fingerprint density at radius 3 is 1.83 bits per heavy atom. The maximum Gasteiger partial charge on any atom is 0.187 e. The Balaban J connectivity index is 2.01. The maximum absolute atomic E-state index is 7.46. The van der Waals surface area contributed by atoms with Gasteiger partial charge >= 0.3 is 0 Å². The summed E-state index contributed by atoms with van der Waals surface area (Å²) >= 11 is 3.85. The standard InChI is InChI=1S/C37H77BrN2O3Si4/c1-12-18-34-28-32(3)36-29-33(4)35(19-13-2)42-45(8,9)22-16-26-47(25-15-21-44(6,7)41-34,27-17-23-46(10,11)43-36)24-14-20-40-31-39(5)30-37(40)38/h30,32-36H,12-29,31H2,1-11H3. The van der Waals surface area contributed by atoms with Crippen LogP contribution >= 0.6 is 15.9 Å². The third-order valence-electron chi connectivity index (χ3n) is 11.7. The number of hydrogen-bond acceptors (Lipinski definition) is 5. The van der Waals surface area contributed by atoms with Crippen molar-refractivity contribution < 1.29 is 13.3 Å². The highest BCUT2D eigenvalue weighted by Crippen LogP contribution is 2.40. The molecule has 0 radical (unpaired) electrons. The van der Waals surface area contributed by atoms with Crippen LogP contribution in [0.3, 0.4) is 0 Å². The Morgan fingerprint density at radius 2 is 1.30 bits per heavy atom. The van der Waals surface area contributed by atoms with Crippen molar-refractivity contribution in [1.82, 2.24) is 9.80 Å². The molecule has 5 nitrogen and oxygen atoms in total. The van der Waals surface area contributed by atoms with Crippen LogP contribution in [0.4, 0.5) is 0 Å². The van der Waals surface area contributed by atoms with Gasteiger partial charge in [0, 0.05) is 38.1 Å². The first-order valence-electron chi connectivity index (χ1n) is 19.8. The minimum absolute atomic E-state index is 0.300. The van der Waals surface area contributed by atoms with E-state index in [1.54, 1.807) is 0 Å². The average Bonchev–Trinajstić information content (AvgIpc) is 3.26. The summed E-state index contributed by atoms with van der Waals surface area (Å²) in [4.78, 5) is 4.83. The van der Waals surface area contributed by atoms with Gasteiger partial charge in [-0.1, -0.05) is 84.0 Å². The lowest BCUT2D eigenvalue weighted by Crippen LogP contribution is -2.43. The van der Waals surface area contributed by atoms with Crippen LogP contribution in [0, 0.1) is 11.8 Å². The van der Waals surface area contributed by atoms with E-state index >= 15 is 0 Å². The second kappa shape index (κ2) is 18.9. The van der Waals surface area contributed by atoms with E-state index in [0.29, 0.717) is 30.1 Å². The maximum atomic E-state index is 7.46. The van der Waals surface area contributed by atoms with E-state index in [9.17, 15) is 0 Å². The molecule has 0 amide bonds. The molecule has 0 saturated carbocycles. The van der Waals surface area contributed by atoms with Crippen LogP contribution in [0.2, 0.25) is 81.6 Å². The first-order chi connectivity index (χ1) is 22.0. The Hall–Kier alpha value is 0.568. The molecule has 47 heavy (non-hydrogen) atoms. The molecule has 0 aromatic carbocycles. The van der Waals surface area contributed by atoms with E-state index < -0.39 is 33.0 Å². The van der Waals surface area contributed by atoms with Gasteiger partial charge in [-0.15, -0.1) is 0 Å². The lowest BCUT2D eigenvalue weighted by molar-refractivity contribution is 0.0402. The summed E-state index contributed by atoms with van der Waals surface area (Å²) in [5.41, 5.74) is 0. The fourth-order valence-corrected chi connectivity index (χ4v) is 22.9. The van der Waals surface area contributed by atoms with Crippen LogP contribution in [0.25, 0.3) is 0 Å². The number of halogens is 1. The minimum atomic E-state index is -1.85. The zero-order chi connectivity index (χ0) is 34.9. The van der Waals surface area contributed by atoms with Gasteiger partial charge in [-0.2, -0.15) is 0 Å². The molecule has 3 heterocycles. The predicted octanol–water partition coefficient (Wildman–Crippen LogP) is 11.8. The number of rotatable bonds is 8. The van der Waals surface area contributed by atoms with Crippen LogP contribution in [-0.4, -0.2) is 81.4 Å². The molecule has 0 aliphatic carbocycles. The molecular formula is C37H77BrN2O3Si4. The Bertz CT molecular complexity index is 970. The van der Waals surface area contributed by atoms with E-state index in [1.165, 1.54) is 105 Å². The average molecular weight is 790 g/mol. The second-order valence-corrected chi connectivity index (χ2v) is 36.7. The molecule has 3 rings (SSSR count). The molecule has 0 spiro atoms. The molecule has 3 aliphatic heterocycles. The van der Waals surface area contributed by atoms with Crippen molar-refractivity contribution >= 4 is 49.0 Å². The van der Waals surface area contributed by atoms with Gasteiger partial charge in [0.05, 0.1) is 19.3 Å². The molecule has 10 heteroatoms. The zero-order valence-electron chi connectivity index (χ0n) is 32.9. The molecule has 0 N–H and O–H groups in total. The molecule has 0 aromatic rings. The molecular weight excluding hydrogens is 713 g/mol. The van der Waals surface area contributed by atoms with Crippen LogP contribution in [0.5, 0.6) is 0 Å². The van der Waals surface area contributed by atoms with Crippen LogP contribution in [0.1, 0.15) is 91.9 Å². The quantitative estimate of drug-likeness (QED) is 0.181. The molecule has 6 atom stereocenters. The highest BCUT2D eigenvalue weighted by molar-refractivity contribution is 9.11. The number of nitrogens with zero attached hydrogens (tertiary/aromatic N) is 2. The Labute approximate surface area is 305 Å². The predicted molar refractivity (Wildman–Crippen MR) is 219 cm³/mol. The van der Waals surface area contributed by atoms with Gasteiger partial charge in [0.25, 0.3) is 0 Å². The Morgan fingerprint density at radius 1 is 0.745 bits per heavy atom. The van der Waals surface area contributed by atoms with Crippen molar-refractivity contribution in [2.45, 2.75) is 192 Å². The fourth-order valence-electron chi connectivity index (χ4n) is 9.10. The van der Waals surface area contributed by atoms with Crippen molar-refractivity contribution in [2.24, 2.45) is 11.8 Å². The van der Waals surface area contributed by atoms with E-state index in [-0.39, 0.29) is 0 Å². The fraction of sp³-hybridized carbons (Fsp3) is 0.946. The molecule has 3 aliphatic rings. The van der Waals surface area contributed by atoms with Crippen molar-refractivity contribution in [3.05, 3.63) is 10.8 Å². The monoisotopic (exact) mass is 788 g/mol. The van der Waals surface area contributed by atoms with Gasteiger partial charge < -0.3 is 23.1 Å². The van der Waals surface area contributed by atoms with Gasteiger partial charge in [-0.25, -0.2) is 0 Å². The van der Waals surface area contributed by atoms with Gasteiger partial charge in [-0.05, 0) is 117 Å². The summed E-state index contributed by atoms with van der Waals surface area (Å²) in [6.45, 7) is 27.0. The van der Waals surface area contributed by atoms with Gasteiger partial charge in [0.1, 0.15) is 0 Å². The third-order valence-corrected chi connectivity index (χ3v) is 25.6. The van der Waals surface area contributed by atoms with Crippen LogP contribution < -0.4 is 0 Å². The second-order valence-electron chi connectivity index (χ2n) is 18.1. The lowest BCUT2D eigenvalue weighted by atomic mass is 9.87. The SMILES string of the molecule is CCCC1CC(C)C2CC(C)C(CCC)O[Si](C)(C)CCC[Si](CCCN3CN(C)C=C3Br)(CCC[Si](C)(C)O1)CCC[Si](C)(C)O2. The van der Waals surface area contributed by atoms with Crippen molar-refractivity contribution in [3.63, 3.8) is 0 Å². The van der Waals surface area contributed by atoms with Gasteiger partial charge in [0.2, 0.25) is 0 Å². The van der Waals surface area contributed by atoms with Gasteiger partial charge in [0.15, 0.2) is 25.0 Å². The van der Waals surface area contributed by atoms with E-state index in [2.05, 4.69) is 106 Å². The summed E-state index contributed by atoms with van der Waals surface area (Å²) in [7, 11) is -4.75. The summed E-state index contributed by atoms with van der Waals surface area (Å²) in [6, 6.07) is 9.89. The summed E-state index contributed by atoms with van der Waals surface area (Å²) in [6.07, 6.45) is 15.7. The lowest BCUT2D eigenvalue weighted by Gasteiger charge is -2.39. The Kier molecular flexibility index (Phi) is 16.9. The van der Waals surface area contributed by atoms with Gasteiger partial charge in [-0.3, -0.25) is 0 Å². The zero-order valence-corrected chi connectivity index (χ0v) is 38.5. The van der Waals surface area contributed by atoms with Crippen LogP contribution in [0.15, 0.2) is 10.8 Å². The third kappa shape index (κ3) is 14.2. The minimum Gasteiger partial charge on any atom is -0.414 e. The number of fused-ring (bicyclic) bond motifs is 6. The van der Waals surface area contributed by atoms with E-state index in [0.717, 1.165) is 19.5 Å². The molecule has 0 aromatic heterocycles. The van der Waals surface area contributed by atoms with E-state index in [4.69, 9.17) is 13.3 Å². The summed E-state index contributed by atoms with van der Waals surface area (Å²) in [5, 5.41) is 0. The summed E-state index contributed by atoms with van der Waals surface area (Å²) < 4.78 is 23.3. The largest absolute Gasteiger partial charge is 0.414 e. The van der Waals surface area contributed by atoms with Crippen LogP contribution in [-0.2, 0) is 13.3 Å².